The largest absolute Gasteiger partial charge is 0.467 e. The molecule has 0 spiro atoms. The average Bonchev–Trinajstić information content (AvgIpc) is 3.09. The fourth-order valence-corrected chi connectivity index (χ4v) is 2.27. The van der Waals surface area contributed by atoms with Gasteiger partial charge >= 0.3 is 0 Å². The normalized spacial score (nSPS) is 10.9. The maximum atomic E-state index is 13.2. The zero-order valence-electron chi connectivity index (χ0n) is 14.7. The average molecular weight is 460 g/mol. The number of halogens is 2. The molecule has 0 unspecified atom stereocenters. The fourth-order valence-electron chi connectivity index (χ4n) is 2.27. The van der Waals surface area contributed by atoms with Crippen LogP contribution in [-0.2, 0) is 6.54 Å². The predicted octanol–water partition coefficient (Wildman–Crippen LogP) is 3.62. The molecule has 0 bridgehead atoms. The highest BCUT2D eigenvalue weighted by atomic mass is 127. The van der Waals surface area contributed by atoms with Gasteiger partial charge in [0.2, 0.25) is 0 Å². The van der Waals surface area contributed by atoms with Gasteiger partial charge < -0.3 is 20.0 Å². The standard InChI is InChI=1S/C18H25FN4O.HI/c1-3-20-18(22-14-17-9-5-12-24-17)21-10-6-11-23(2)16-8-4-7-15(19)13-16;/h4-5,7-9,12-13H,3,6,10-11,14H2,1-2H3,(H2,20,21,22);1H. The summed E-state index contributed by atoms with van der Waals surface area (Å²) in [4.78, 5) is 6.52. The van der Waals surface area contributed by atoms with Gasteiger partial charge in [-0.05, 0) is 43.7 Å². The highest BCUT2D eigenvalue weighted by molar-refractivity contribution is 14.0. The Balaban J connectivity index is 0.00000312. The summed E-state index contributed by atoms with van der Waals surface area (Å²) in [6, 6.07) is 10.4. The minimum absolute atomic E-state index is 0. The number of furan rings is 1. The van der Waals surface area contributed by atoms with Gasteiger partial charge in [0, 0.05) is 32.4 Å². The minimum Gasteiger partial charge on any atom is -0.467 e. The van der Waals surface area contributed by atoms with Gasteiger partial charge in [-0.25, -0.2) is 9.38 Å². The van der Waals surface area contributed by atoms with Gasteiger partial charge in [0.05, 0.1) is 6.26 Å². The van der Waals surface area contributed by atoms with Crippen LogP contribution in [-0.4, -0.2) is 32.6 Å². The van der Waals surface area contributed by atoms with Crippen molar-refractivity contribution in [2.45, 2.75) is 19.9 Å². The molecule has 0 amide bonds. The lowest BCUT2D eigenvalue weighted by Crippen LogP contribution is -2.38. The third kappa shape index (κ3) is 7.76. The summed E-state index contributed by atoms with van der Waals surface area (Å²) in [5.74, 6) is 1.39. The van der Waals surface area contributed by atoms with Gasteiger partial charge in [0.25, 0.3) is 0 Å². The molecule has 0 fully saturated rings. The van der Waals surface area contributed by atoms with Crippen molar-refractivity contribution in [2.75, 3.05) is 31.6 Å². The number of anilines is 1. The fraction of sp³-hybridized carbons (Fsp3) is 0.389. The van der Waals surface area contributed by atoms with E-state index in [-0.39, 0.29) is 29.8 Å². The smallest absolute Gasteiger partial charge is 0.191 e. The maximum Gasteiger partial charge on any atom is 0.191 e. The summed E-state index contributed by atoms with van der Waals surface area (Å²) in [5, 5.41) is 6.50. The van der Waals surface area contributed by atoms with E-state index in [0.717, 1.165) is 43.5 Å². The molecule has 0 saturated heterocycles. The summed E-state index contributed by atoms with van der Waals surface area (Å²) >= 11 is 0. The minimum atomic E-state index is -0.211. The Kier molecular flexibility index (Phi) is 9.98. The third-order valence-electron chi connectivity index (χ3n) is 3.53. The SMILES string of the molecule is CCNC(=NCc1ccco1)NCCCN(C)c1cccc(F)c1.I. The molecule has 138 valence electrons. The van der Waals surface area contributed by atoms with E-state index in [1.807, 2.05) is 37.1 Å². The molecule has 2 aromatic rings. The number of hydrogen-bond donors (Lipinski definition) is 2. The summed E-state index contributed by atoms with van der Waals surface area (Å²) in [7, 11) is 1.96. The van der Waals surface area contributed by atoms with Crippen molar-refractivity contribution in [3.63, 3.8) is 0 Å². The summed E-state index contributed by atoms with van der Waals surface area (Å²) in [6.07, 6.45) is 2.56. The Morgan fingerprint density at radius 2 is 2.08 bits per heavy atom. The number of nitrogens with zero attached hydrogens (tertiary/aromatic N) is 2. The van der Waals surface area contributed by atoms with Crippen molar-refractivity contribution in [3.8, 4) is 0 Å². The van der Waals surface area contributed by atoms with Crippen molar-refractivity contribution >= 4 is 35.6 Å². The number of nitrogens with one attached hydrogen (secondary N) is 2. The molecule has 1 aromatic carbocycles. The Labute approximate surface area is 165 Å². The van der Waals surface area contributed by atoms with Crippen LogP contribution in [0.15, 0.2) is 52.1 Å². The molecule has 0 atom stereocenters. The van der Waals surface area contributed by atoms with Crippen LogP contribution in [0.1, 0.15) is 19.1 Å². The van der Waals surface area contributed by atoms with Crippen molar-refractivity contribution in [2.24, 2.45) is 4.99 Å². The molecule has 0 aliphatic heterocycles. The monoisotopic (exact) mass is 460 g/mol. The van der Waals surface area contributed by atoms with E-state index in [9.17, 15) is 4.39 Å². The quantitative estimate of drug-likeness (QED) is 0.274. The molecule has 0 radical (unpaired) electrons. The van der Waals surface area contributed by atoms with Gasteiger partial charge in [-0.1, -0.05) is 6.07 Å². The summed E-state index contributed by atoms with van der Waals surface area (Å²) in [5.41, 5.74) is 0.883. The number of aliphatic imine (C=N–C) groups is 1. The van der Waals surface area contributed by atoms with Crippen molar-refractivity contribution in [1.29, 1.82) is 0 Å². The third-order valence-corrected chi connectivity index (χ3v) is 3.53. The molecule has 0 saturated carbocycles. The van der Waals surface area contributed by atoms with Crippen LogP contribution in [0.2, 0.25) is 0 Å². The molecule has 2 N–H and O–H groups in total. The number of rotatable bonds is 8. The molecule has 0 aliphatic rings. The molecule has 1 heterocycles. The molecular weight excluding hydrogens is 434 g/mol. The lowest BCUT2D eigenvalue weighted by molar-refractivity contribution is 0.512. The van der Waals surface area contributed by atoms with E-state index in [0.29, 0.717) is 6.54 Å². The van der Waals surface area contributed by atoms with E-state index in [1.165, 1.54) is 6.07 Å². The summed E-state index contributed by atoms with van der Waals surface area (Å²) in [6.45, 7) is 4.94. The lowest BCUT2D eigenvalue weighted by Gasteiger charge is -2.19. The van der Waals surface area contributed by atoms with Crippen LogP contribution < -0.4 is 15.5 Å². The first-order valence-electron chi connectivity index (χ1n) is 8.20. The zero-order chi connectivity index (χ0) is 17.2. The second-order valence-electron chi connectivity index (χ2n) is 5.46. The molecule has 1 aromatic heterocycles. The predicted molar refractivity (Wildman–Crippen MR) is 111 cm³/mol. The van der Waals surface area contributed by atoms with Gasteiger partial charge in [-0.2, -0.15) is 0 Å². The first-order chi connectivity index (χ1) is 11.7. The lowest BCUT2D eigenvalue weighted by atomic mass is 10.2. The Hall–Kier alpha value is -1.77. The molecule has 7 heteroatoms. The number of guanidine groups is 1. The first-order valence-corrected chi connectivity index (χ1v) is 8.20. The van der Waals surface area contributed by atoms with Gasteiger partial charge in [0.1, 0.15) is 18.1 Å². The maximum absolute atomic E-state index is 13.2. The van der Waals surface area contributed by atoms with Crippen LogP contribution in [0.4, 0.5) is 10.1 Å². The van der Waals surface area contributed by atoms with Crippen molar-refractivity contribution < 1.29 is 8.81 Å². The first kappa shape index (κ1) is 21.3. The van der Waals surface area contributed by atoms with Crippen LogP contribution >= 0.6 is 24.0 Å². The van der Waals surface area contributed by atoms with Gasteiger partial charge in [0.15, 0.2) is 5.96 Å². The van der Waals surface area contributed by atoms with Crippen LogP contribution in [0.5, 0.6) is 0 Å². The van der Waals surface area contributed by atoms with Crippen molar-refractivity contribution in [3.05, 3.63) is 54.2 Å². The molecule has 0 aliphatic carbocycles. The topological polar surface area (TPSA) is 52.8 Å². The second kappa shape index (κ2) is 11.7. The van der Waals surface area contributed by atoms with Crippen LogP contribution in [0.25, 0.3) is 0 Å². The molecule has 25 heavy (non-hydrogen) atoms. The highest BCUT2D eigenvalue weighted by Crippen LogP contribution is 2.13. The van der Waals surface area contributed by atoms with Gasteiger partial charge in [-0.3, -0.25) is 0 Å². The molecule has 2 rings (SSSR count). The molecule has 5 nitrogen and oxygen atoms in total. The second-order valence-corrected chi connectivity index (χ2v) is 5.46. The van der Waals surface area contributed by atoms with E-state index < -0.39 is 0 Å². The number of hydrogen-bond acceptors (Lipinski definition) is 3. The highest BCUT2D eigenvalue weighted by Gasteiger charge is 2.03. The van der Waals surface area contributed by atoms with Crippen LogP contribution in [0.3, 0.4) is 0 Å². The van der Waals surface area contributed by atoms with Crippen molar-refractivity contribution in [1.82, 2.24) is 10.6 Å². The summed E-state index contributed by atoms with van der Waals surface area (Å²) < 4.78 is 18.5. The van der Waals surface area contributed by atoms with E-state index in [2.05, 4.69) is 15.6 Å². The number of benzene rings is 1. The van der Waals surface area contributed by atoms with E-state index in [1.54, 1.807) is 18.4 Å². The Morgan fingerprint density at radius 3 is 2.76 bits per heavy atom. The van der Waals surface area contributed by atoms with Gasteiger partial charge in [-0.15, -0.1) is 24.0 Å². The van der Waals surface area contributed by atoms with E-state index in [4.69, 9.17) is 4.42 Å². The van der Waals surface area contributed by atoms with Crippen LogP contribution in [0, 0.1) is 5.82 Å². The van der Waals surface area contributed by atoms with E-state index >= 15 is 0 Å². The molecular formula is C18H26FIN4O. The zero-order valence-corrected chi connectivity index (χ0v) is 17.0. The Bertz CT molecular complexity index is 634. The Morgan fingerprint density at radius 1 is 1.24 bits per heavy atom.